The Morgan fingerprint density at radius 1 is 1.47 bits per heavy atom. The van der Waals surface area contributed by atoms with Crippen LogP contribution in [0.4, 0.5) is 0 Å². The number of carboxylic acids is 1. The summed E-state index contributed by atoms with van der Waals surface area (Å²) >= 11 is 0. The predicted octanol–water partition coefficient (Wildman–Crippen LogP) is 2.06. The predicted molar refractivity (Wildman–Crippen MR) is 52.6 cm³/mol. The average molecular weight is 210 g/mol. The SMILES string of the molecule is CC(C)c1oc2c(c1CC(=O)O)COC2. The van der Waals surface area contributed by atoms with Gasteiger partial charge in [-0.1, -0.05) is 13.8 Å². The molecule has 4 heteroatoms. The van der Waals surface area contributed by atoms with E-state index in [0.717, 1.165) is 22.6 Å². The topological polar surface area (TPSA) is 59.7 Å². The van der Waals surface area contributed by atoms with E-state index in [1.807, 2.05) is 13.8 Å². The van der Waals surface area contributed by atoms with Gasteiger partial charge in [0.15, 0.2) is 0 Å². The Kier molecular flexibility index (Phi) is 2.52. The van der Waals surface area contributed by atoms with Crippen LogP contribution in [0.1, 0.15) is 42.4 Å². The zero-order valence-corrected chi connectivity index (χ0v) is 8.87. The van der Waals surface area contributed by atoms with Gasteiger partial charge in [-0.2, -0.15) is 0 Å². The third-order valence-corrected chi connectivity index (χ3v) is 2.56. The first-order valence-corrected chi connectivity index (χ1v) is 5.02. The van der Waals surface area contributed by atoms with Crippen molar-refractivity contribution >= 4 is 5.97 Å². The highest BCUT2D eigenvalue weighted by Gasteiger charge is 2.26. The van der Waals surface area contributed by atoms with Gasteiger partial charge in [0.2, 0.25) is 0 Å². The summed E-state index contributed by atoms with van der Waals surface area (Å²) in [5.41, 5.74) is 1.76. The van der Waals surface area contributed by atoms with Crippen LogP contribution in [0, 0.1) is 0 Å². The van der Waals surface area contributed by atoms with Crippen molar-refractivity contribution in [1.82, 2.24) is 0 Å². The first-order chi connectivity index (χ1) is 7.09. The second kappa shape index (κ2) is 3.70. The molecule has 0 atom stereocenters. The van der Waals surface area contributed by atoms with E-state index in [2.05, 4.69) is 0 Å². The van der Waals surface area contributed by atoms with Gasteiger partial charge in [-0.3, -0.25) is 4.79 Å². The van der Waals surface area contributed by atoms with E-state index in [1.54, 1.807) is 0 Å². The molecule has 0 amide bonds. The quantitative estimate of drug-likeness (QED) is 0.829. The van der Waals surface area contributed by atoms with E-state index in [4.69, 9.17) is 14.3 Å². The number of furan rings is 1. The number of carbonyl (C=O) groups is 1. The Morgan fingerprint density at radius 2 is 2.20 bits per heavy atom. The standard InChI is InChI=1S/C11H14O4/c1-6(2)11-7(3-10(12)13)8-4-14-5-9(8)15-11/h6H,3-5H2,1-2H3,(H,12,13). The fraction of sp³-hybridized carbons (Fsp3) is 0.545. The highest BCUT2D eigenvalue weighted by molar-refractivity contribution is 5.71. The van der Waals surface area contributed by atoms with Gasteiger partial charge in [0.05, 0.1) is 13.0 Å². The maximum Gasteiger partial charge on any atom is 0.307 e. The van der Waals surface area contributed by atoms with Gasteiger partial charge in [-0.05, 0) is 0 Å². The normalized spacial score (nSPS) is 14.6. The van der Waals surface area contributed by atoms with E-state index in [-0.39, 0.29) is 12.3 Å². The highest BCUT2D eigenvalue weighted by Crippen LogP contribution is 2.33. The van der Waals surface area contributed by atoms with E-state index >= 15 is 0 Å². The van der Waals surface area contributed by atoms with Crippen LogP contribution < -0.4 is 0 Å². The molecule has 0 bridgehead atoms. The number of rotatable bonds is 3. The van der Waals surface area contributed by atoms with Crippen molar-refractivity contribution in [3.63, 3.8) is 0 Å². The van der Waals surface area contributed by atoms with E-state index in [9.17, 15) is 4.79 Å². The van der Waals surface area contributed by atoms with Crippen LogP contribution in [0.5, 0.6) is 0 Å². The smallest absolute Gasteiger partial charge is 0.307 e. The Balaban J connectivity index is 2.43. The first-order valence-electron chi connectivity index (χ1n) is 5.02. The van der Waals surface area contributed by atoms with Gasteiger partial charge in [0, 0.05) is 17.0 Å². The fourth-order valence-corrected chi connectivity index (χ4v) is 1.91. The molecule has 2 rings (SSSR count). The average Bonchev–Trinajstić information content (AvgIpc) is 2.66. The van der Waals surface area contributed by atoms with E-state index < -0.39 is 5.97 Å². The summed E-state index contributed by atoms with van der Waals surface area (Å²) < 4.78 is 10.9. The summed E-state index contributed by atoms with van der Waals surface area (Å²) in [5, 5.41) is 8.84. The lowest BCUT2D eigenvalue weighted by atomic mass is 10.0. The highest BCUT2D eigenvalue weighted by atomic mass is 16.5. The largest absolute Gasteiger partial charge is 0.481 e. The van der Waals surface area contributed by atoms with Crippen molar-refractivity contribution in [2.24, 2.45) is 0 Å². The van der Waals surface area contributed by atoms with Crippen LogP contribution in [-0.2, 0) is 29.2 Å². The van der Waals surface area contributed by atoms with Crippen LogP contribution in [-0.4, -0.2) is 11.1 Å². The number of hydrogen-bond donors (Lipinski definition) is 1. The number of hydrogen-bond acceptors (Lipinski definition) is 3. The maximum atomic E-state index is 10.8. The molecule has 1 aliphatic rings. The minimum Gasteiger partial charge on any atom is -0.481 e. The summed E-state index contributed by atoms with van der Waals surface area (Å²) in [6.45, 7) is 4.95. The zero-order chi connectivity index (χ0) is 11.0. The number of aliphatic carboxylic acids is 1. The third kappa shape index (κ3) is 1.77. The summed E-state index contributed by atoms with van der Waals surface area (Å²) in [7, 11) is 0. The molecule has 0 unspecified atom stereocenters. The van der Waals surface area contributed by atoms with Crippen molar-refractivity contribution in [2.75, 3.05) is 0 Å². The molecule has 82 valence electrons. The molecule has 0 radical (unpaired) electrons. The fourth-order valence-electron chi connectivity index (χ4n) is 1.91. The Morgan fingerprint density at radius 3 is 2.80 bits per heavy atom. The second-order valence-electron chi connectivity index (χ2n) is 4.06. The molecule has 4 nitrogen and oxygen atoms in total. The lowest BCUT2D eigenvalue weighted by Gasteiger charge is -2.05. The van der Waals surface area contributed by atoms with Gasteiger partial charge >= 0.3 is 5.97 Å². The molecule has 0 spiro atoms. The van der Waals surface area contributed by atoms with Crippen LogP contribution in [0.25, 0.3) is 0 Å². The van der Waals surface area contributed by atoms with Crippen LogP contribution in [0.2, 0.25) is 0 Å². The molecule has 0 fully saturated rings. The van der Waals surface area contributed by atoms with Crippen LogP contribution in [0.15, 0.2) is 4.42 Å². The monoisotopic (exact) mass is 210 g/mol. The molecule has 0 aromatic carbocycles. The maximum absolute atomic E-state index is 10.8. The van der Waals surface area contributed by atoms with Gasteiger partial charge in [-0.25, -0.2) is 0 Å². The summed E-state index contributed by atoms with van der Waals surface area (Å²) in [4.78, 5) is 10.8. The Labute approximate surface area is 87.8 Å². The molecule has 1 aliphatic heterocycles. The molecule has 0 aliphatic carbocycles. The van der Waals surface area contributed by atoms with Gasteiger partial charge in [0.25, 0.3) is 0 Å². The van der Waals surface area contributed by atoms with Crippen molar-refractivity contribution in [3.05, 3.63) is 22.6 Å². The summed E-state index contributed by atoms with van der Waals surface area (Å²) in [5.74, 6) is 0.984. The lowest BCUT2D eigenvalue weighted by molar-refractivity contribution is -0.136. The first kappa shape index (κ1) is 10.2. The van der Waals surface area contributed by atoms with E-state index in [1.165, 1.54) is 0 Å². The molecule has 1 N–H and O–H groups in total. The summed E-state index contributed by atoms with van der Waals surface area (Å²) in [6, 6.07) is 0. The Hall–Kier alpha value is -1.29. The molecular formula is C11H14O4. The zero-order valence-electron chi connectivity index (χ0n) is 8.87. The third-order valence-electron chi connectivity index (χ3n) is 2.56. The van der Waals surface area contributed by atoms with Gasteiger partial charge in [0.1, 0.15) is 18.1 Å². The minimum absolute atomic E-state index is 0.0235. The van der Waals surface area contributed by atoms with Crippen molar-refractivity contribution in [1.29, 1.82) is 0 Å². The Bertz CT molecular complexity index is 390. The molecule has 15 heavy (non-hydrogen) atoms. The second-order valence-corrected chi connectivity index (χ2v) is 4.06. The number of carboxylic acid groups (broad SMARTS) is 1. The number of fused-ring (bicyclic) bond motifs is 1. The van der Waals surface area contributed by atoms with Crippen molar-refractivity contribution in [3.8, 4) is 0 Å². The lowest BCUT2D eigenvalue weighted by Crippen LogP contribution is -2.04. The van der Waals surface area contributed by atoms with Crippen LogP contribution >= 0.6 is 0 Å². The molecule has 0 saturated heterocycles. The van der Waals surface area contributed by atoms with Crippen molar-refractivity contribution in [2.45, 2.75) is 39.4 Å². The molecule has 1 aromatic heterocycles. The van der Waals surface area contributed by atoms with Gasteiger partial charge < -0.3 is 14.3 Å². The molecule has 1 aromatic rings. The number of ether oxygens (including phenoxy) is 1. The molecule has 0 saturated carbocycles. The van der Waals surface area contributed by atoms with Crippen molar-refractivity contribution < 1.29 is 19.1 Å². The molecule has 2 heterocycles. The summed E-state index contributed by atoms with van der Waals surface area (Å²) in [6.07, 6.45) is 0.0235. The minimum atomic E-state index is -0.826. The molecular weight excluding hydrogens is 196 g/mol. The van der Waals surface area contributed by atoms with Crippen LogP contribution in [0.3, 0.4) is 0 Å². The van der Waals surface area contributed by atoms with E-state index in [0.29, 0.717) is 13.2 Å². The van der Waals surface area contributed by atoms with Gasteiger partial charge in [-0.15, -0.1) is 0 Å².